The quantitative estimate of drug-likeness (QED) is 0.146. The molecule has 2 rings (SSSR count). The molecule has 3 radical (unpaired) electrons. The number of carbonyl (C=O) groups excluding carboxylic acids is 4. The van der Waals surface area contributed by atoms with E-state index in [-0.39, 0.29) is 51.2 Å². The van der Waals surface area contributed by atoms with Crippen LogP contribution in [0.5, 0.6) is 0 Å². The summed E-state index contributed by atoms with van der Waals surface area (Å²) in [5.41, 5.74) is 0. The molecule has 2 aliphatic rings. The fraction of sp³-hybridized carbons (Fsp3) is 0. The van der Waals surface area contributed by atoms with Crippen LogP contribution < -0.4 is 0 Å². The van der Waals surface area contributed by atoms with Crippen LogP contribution in [-0.4, -0.2) is 64.0 Å². The monoisotopic (exact) mass is 533 g/mol. The van der Waals surface area contributed by atoms with E-state index >= 15 is 0 Å². The minimum atomic E-state index is -1.38. The molecule has 0 saturated heterocycles. The van der Waals surface area contributed by atoms with E-state index in [2.05, 4.69) is 0 Å². The van der Waals surface area contributed by atoms with Gasteiger partial charge in [0.15, 0.2) is 0 Å². The Morgan fingerprint density at radius 2 is 0.370 bits per heavy atom. The van der Waals surface area contributed by atoms with Crippen LogP contribution in [-0.2, 0) is 70.4 Å². The molecular weight excluding hydrogens is 527 g/mol. The molecule has 0 aliphatic heterocycles. The van der Waals surface area contributed by atoms with Gasteiger partial charge in [0, 0.05) is 51.2 Å². The van der Waals surface area contributed by atoms with E-state index < -0.39 is 69.2 Å². The van der Waals surface area contributed by atoms with Gasteiger partial charge in [-0.05, 0) is 0 Å². The molecule has 27 heavy (non-hydrogen) atoms. The van der Waals surface area contributed by atoms with Crippen LogP contribution in [0.3, 0.4) is 0 Å². The first-order valence-corrected chi connectivity index (χ1v) is 5.61. The van der Waals surface area contributed by atoms with Crippen LogP contribution in [0.4, 0.5) is 0 Å². The Labute approximate surface area is 180 Å². The van der Waals surface area contributed by atoms with E-state index in [9.17, 15) is 19.2 Å². The van der Waals surface area contributed by atoms with Gasteiger partial charge in [-0.3, -0.25) is 19.2 Å². The standard InChI is InChI=1S/2C6H4O6.3Cu/c2*7-1-2(8)4(10)6(12)5(11)3(1)9;;;/h2*7-8,11-12H;;;. The van der Waals surface area contributed by atoms with Crippen molar-refractivity contribution in [3.63, 3.8) is 0 Å². The fourth-order valence-corrected chi connectivity index (χ4v) is 1.31. The second-order valence-electron chi connectivity index (χ2n) is 4.11. The normalized spacial score (nSPS) is 16.9. The van der Waals surface area contributed by atoms with Crippen molar-refractivity contribution in [2.24, 2.45) is 0 Å². The number of ketones is 4. The molecule has 0 fully saturated rings. The van der Waals surface area contributed by atoms with Gasteiger partial charge in [-0.2, -0.15) is 0 Å². The third-order valence-electron chi connectivity index (χ3n) is 2.62. The molecule has 161 valence electrons. The molecule has 12 nitrogen and oxygen atoms in total. The first-order valence-electron chi connectivity index (χ1n) is 5.61. The summed E-state index contributed by atoms with van der Waals surface area (Å²) in [5.74, 6) is -15.7. The van der Waals surface area contributed by atoms with Gasteiger partial charge in [-0.1, -0.05) is 0 Å². The van der Waals surface area contributed by atoms with E-state index in [4.69, 9.17) is 40.9 Å². The van der Waals surface area contributed by atoms with Crippen molar-refractivity contribution in [3.05, 3.63) is 46.1 Å². The Bertz CT molecular complexity index is 625. The van der Waals surface area contributed by atoms with Gasteiger partial charge in [0.2, 0.25) is 46.1 Å². The summed E-state index contributed by atoms with van der Waals surface area (Å²) >= 11 is 0. The first kappa shape index (κ1) is 29.4. The minimum absolute atomic E-state index is 0. The van der Waals surface area contributed by atoms with Gasteiger partial charge in [0.1, 0.15) is 0 Å². The van der Waals surface area contributed by atoms with E-state index in [0.717, 1.165) is 0 Å². The molecule has 0 saturated carbocycles. The summed E-state index contributed by atoms with van der Waals surface area (Å²) in [7, 11) is 0. The Hall–Kier alpha value is -2.40. The number of aliphatic hydroxyl groups is 8. The summed E-state index contributed by atoms with van der Waals surface area (Å²) in [6.45, 7) is 0. The Morgan fingerprint density at radius 1 is 0.296 bits per heavy atom. The average molecular weight is 535 g/mol. The van der Waals surface area contributed by atoms with Crippen molar-refractivity contribution >= 4 is 23.1 Å². The topological polar surface area (TPSA) is 230 Å². The Balaban J connectivity index is -0.000000384. The molecule has 0 amide bonds. The molecule has 0 aromatic heterocycles. The maximum absolute atomic E-state index is 10.6. The van der Waals surface area contributed by atoms with Crippen molar-refractivity contribution in [1.82, 2.24) is 0 Å². The predicted octanol–water partition coefficient (Wildman–Crippen LogP) is -0.421. The zero-order valence-corrected chi connectivity index (χ0v) is 14.9. The van der Waals surface area contributed by atoms with Crippen molar-refractivity contribution in [1.29, 1.82) is 0 Å². The van der Waals surface area contributed by atoms with Gasteiger partial charge < -0.3 is 40.9 Å². The molecule has 0 bridgehead atoms. The molecule has 0 atom stereocenters. The zero-order chi connectivity index (χ0) is 18.9. The van der Waals surface area contributed by atoms with Crippen molar-refractivity contribution in [3.8, 4) is 0 Å². The molecule has 0 unspecified atom stereocenters. The van der Waals surface area contributed by atoms with E-state index in [1.165, 1.54) is 0 Å². The van der Waals surface area contributed by atoms with E-state index in [0.29, 0.717) is 0 Å². The molecular formula is C12H8Cu3O12. The summed E-state index contributed by atoms with van der Waals surface area (Å²) in [5, 5.41) is 69.3. The molecule has 0 aromatic rings. The summed E-state index contributed by atoms with van der Waals surface area (Å²) in [4.78, 5) is 42.4. The van der Waals surface area contributed by atoms with Crippen LogP contribution in [0.2, 0.25) is 0 Å². The maximum atomic E-state index is 10.6. The maximum Gasteiger partial charge on any atom is 0.269 e. The van der Waals surface area contributed by atoms with Gasteiger partial charge in [-0.25, -0.2) is 0 Å². The van der Waals surface area contributed by atoms with E-state index in [1.54, 1.807) is 0 Å². The van der Waals surface area contributed by atoms with Gasteiger partial charge >= 0.3 is 0 Å². The summed E-state index contributed by atoms with van der Waals surface area (Å²) in [6, 6.07) is 0. The Kier molecular flexibility index (Phi) is 11.6. The molecule has 15 heteroatoms. The third kappa shape index (κ3) is 5.29. The first-order chi connectivity index (χ1) is 10.9. The smallest absolute Gasteiger partial charge is 0.269 e. The van der Waals surface area contributed by atoms with Crippen LogP contribution >= 0.6 is 0 Å². The number of aliphatic hydroxyl groups excluding tert-OH is 8. The van der Waals surface area contributed by atoms with Gasteiger partial charge in [0.25, 0.3) is 23.1 Å². The predicted molar refractivity (Wildman–Crippen MR) is 69.2 cm³/mol. The summed E-state index contributed by atoms with van der Waals surface area (Å²) < 4.78 is 0. The van der Waals surface area contributed by atoms with Crippen LogP contribution in [0, 0.1) is 0 Å². The van der Waals surface area contributed by atoms with Crippen molar-refractivity contribution in [2.45, 2.75) is 0 Å². The second kappa shape index (κ2) is 10.7. The molecule has 2 aliphatic carbocycles. The molecule has 8 N–H and O–H groups in total. The van der Waals surface area contributed by atoms with Gasteiger partial charge in [0.05, 0.1) is 0 Å². The van der Waals surface area contributed by atoms with Crippen LogP contribution in [0.1, 0.15) is 0 Å². The summed E-state index contributed by atoms with van der Waals surface area (Å²) in [6.07, 6.45) is 0. The van der Waals surface area contributed by atoms with E-state index in [1.807, 2.05) is 0 Å². The zero-order valence-electron chi connectivity index (χ0n) is 12.1. The minimum Gasteiger partial charge on any atom is -0.501 e. The third-order valence-corrected chi connectivity index (χ3v) is 2.62. The second-order valence-corrected chi connectivity index (χ2v) is 4.11. The van der Waals surface area contributed by atoms with Gasteiger partial charge in [-0.15, -0.1) is 0 Å². The van der Waals surface area contributed by atoms with Crippen molar-refractivity contribution in [2.75, 3.05) is 0 Å². The molecule has 0 spiro atoms. The SMILES string of the molecule is O=C1C(O)=C(O)C(=O)C(O)=C1O.O=C1C(O)=C(O)C(=O)C(O)=C1O.[Cu].[Cu].[Cu]. The largest absolute Gasteiger partial charge is 0.501 e. The fourth-order valence-electron chi connectivity index (χ4n) is 1.31. The number of rotatable bonds is 0. The molecule has 0 heterocycles. The Morgan fingerprint density at radius 3 is 0.444 bits per heavy atom. The van der Waals surface area contributed by atoms with Crippen molar-refractivity contribution < 1.29 is 111 Å². The van der Waals surface area contributed by atoms with Crippen LogP contribution in [0.15, 0.2) is 46.1 Å². The average Bonchev–Trinajstić information content (AvgIpc) is 2.58. The number of hydrogen-bond acceptors (Lipinski definition) is 12. The molecule has 0 aromatic carbocycles. The van der Waals surface area contributed by atoms with Crippen LogP contribution in [0.25, 0.3) is 0 Å². The number of carbonyl (C=O) groups is 4. The number of hydrogen-bond donors (Lipinski definition) is 8. The number of Topliss-reactive ketones (excluding diaryl/α,β-unsaturated/α-hetero) is 4.